The third kappa shape index (κ3) is 3.03. The Morgan fingerprint density at radius 1 is 1.10 bits per heavy atom. The largest absolute Gasteiger partial charge is 0.317 e. The van der Waals surface area contributed by atoms with Crippen molar-refractivity contribution in [2.24, 2.45) is 11.8 Å². The van der Waals surface area contributed by atoms with Crippen molar-refractivity contribution in [3.05, 3.63) is 35.4 Å². The van der Waals surface area contributed by atoms with Gasteiger partial charge in [0.1, 0.15) is 11.6 Å². The van der Waals surface area contributed by atoms with Crippen LogP contribution in [-0.2, 0) is 5.41 Å². The summed E-state index contributed by atoms with van der Waals surface area (Å²) in [5, 5.41) is 3.40. The van der Waals surface area contributed by atoms with E-state index in [1.807, 2.05) is 7.05 Å². The molecule has 0 saturated heterocycles. The van der Waals surface area contributed by atoms with Crippen LogP contribution in [0.2, 0.25) is 0 Å². The predicted octanol–water partition coefficient (Wildman–Crippen LogP) is 4.27. The maximum absolute atomic E-state index is 13.5. The second-order valence-electron chi connectivity index (χ2n) is 6.80. The van der Waals surface area contributed by atoms with E-state index in [0.717, 1.165) is 24.5 Å². The van der Waals surface area contributed by atoms with E-state index in [-0.39, 0.29) is 5.41 Å². The van der Waals surface area contributed by atoms with Crippen molar-refractivity contribution in [3.63, 3.8) is 0 Å². The van der Waals surface area contributed by atoms with Gasteiger partial charge >= 0.3 is 0 Å². The molecule has 1 nitrogen and oxygen atoms in total. The molecule has 0 heterocycles. The monoisotopic (exact) mass is 281 g/mol. The van der Waals surface area contributed by atoms with E-state index >= 15 is 0 Å². The Morgan fingerprint density at radius 3 is 2.25 bits per heavy atom. The molecule has 1 fully saturated rings. The van der Waals surface area contributed by atoms with Crippen molar-refractivity contribution in [3.8, 4) is 0 Å². The van der Waals surface area contributed by atoms with Crippen LogP contribution in [0.1, 0.15) is 45.6 Å². The molecule has 0 spiro atoms. The van der Waals surface area contributed by atoms with Crippen LogP contribution < -0.4 is 5.32 Å². The van der Waals surface area contributed by atoms with Crippen LogP contribution in [-0.4, -0.2) is 13.1 Å². The molecule has 3 unspecified atom stereocenters. The molecule has 0 aliphatic heterocycles. The average Bonchev–Trinajstić information content (AvgIpc) is 2.37. The quantitative estimate of drug-likeness (QED) is 0.872. The Hall–Kier alpha value is -0.960. The summed E-state index contributed by atoms with van der Waals surface area (Å²) >= 11 is 0. The lowest BCUT2D eigenvalue weighted by atomic mass is 9.63. The summed E-state index contributed by atoms with van der Waals surface area (Å²) in [4.78, 5) is 0. The summed E-state index contributed by atoms with van der Waals surface area (Å²) in [5.74, 6) is 0.130. The van der Waals surface area contributed by atoms with E-state index in [2.05, 4.69) is 26.1 Å². The fourth-order valence-electron chi connectivity index (χ4n) is 3.70. The zero-order valence-electron chi connectivity index (χ0n) is 12.8. The van der Waals surface area contributed by atoms with Crippen molar-refractivity contribution in [2.45, 2.75) is 51.5 Å². The summed E-state index contributed by atoms with van der Waals surface area (Å²) in [5.41, 5.74) is 0.520. The highest BCUT2D eigenvalue weighted by atomic mass is 19.1. The third-order valence-electron chi connectivity index (χ3n) is 5.02. The lowest BCUT2D eigenvalue weighted by Crippen LogP contribution is -2.47. The van der Waals surface area contributed by atoms with Crippen molar-refractivity contribution in [2.75, 3.05) is 7.05 Å². The Morgan fingerprint density at radius 2 is 1.70 bits per heavy atom. The van der Waals surface area contributed by atoms with Gasteiger partial charge < -0.3 is 5.32 Å². The molecule has 1 saturated carbocycles. The summed E-state index contributed by atoms with van der Waals surface area (Å²) in [6.45, 7) is 6.48. The molecular formula is C17H25F2N. The van der Waals surface area contributed by atoms with E-state index < -0.39 is 11.6 Å². The lowest BCUT2D eigenvalue weighted by molar-refractivity contribution is 0.151. The highest BCUT2D eigenvalue weighted by Gasteiger charge is 2.39. The van der Waals surface area contributed by atoms with Gasteiger partial charge in [-0.3, -0.25) is 0 Å². The molecule has 2 rings (SSSR count). The normalized spacial score (nSPS) is 27.6. The van der Waals surface area contributed by atoms with Gasteiger partial charge in [-0.1, -0.05) is 27.2 Å². The van der Waals surface area contributed by atoms with Gasteiger partial charge in [0.25, 0.3) is 0 Å². The molecule has 112 valence electrons. The van der Waals surface area contributed by atoms with Crippen molar-refractivity contribution < 1.29 is 8.78 Å². The summed E-state index contributed by atoms with van der Waals surface area (Å²) in [7, 11) is 1.98. The van der Waals surface area contributed by atoms with Crippen molar-refractivity contribution in [1.29, 1.82) is 0 Å². The standard InChI is InChI=1S/C17H25F2N/c1-11-5-6-15(16(7-11)20-4)17(2,3)12-8-13(18)10-14(19)9-12/h8-11,15-16,20H,5-7H2,1-4H3. The van der Waals surface area contributed by atoms with Gasteiger partial charge in [0.05, 0.1) is 0 Å². The predicted molar refractivity (Wildman–Crippen MR) is 78.7 cm³/mol. The van der Waals surface area contributed by atoms with Crippen LogP contribution in [0.25, 0.3) is 0 Å². The third-order valence-corrected chi connectivity index (χ3v) is 5.02. The van der Waals surface area contributed by atoms with E-state index in [1.54, 1.807) is 0 Å². The Kier molecular flexibility index (Phi) is 4.48. The Labute approximate surface area is 120 Å². The molecular weight excluding hydrogens is 256 g/mol. The molecule has 0 amide bonds. The minimum absolute atomic E-state index is 0.239. The molecule has 0 bridgehead atoms. The maximum Gasteiger partial charge on any atom is 0.126 e. The number of rotatable bonds is 3. The average molecular weight is 281 g/mol. The van der Waals surface area contributed by atoms with Crippen LogP contribution >= 0.6 is 0 Å². The van der Waals surface area contributed by atoms with Gasteiger partial charge in [-0.25, -0.2) is 8.78 Å². The number of halogens is 2. The van der Waals surface area contributed by atoms with E-state index in [1.165, 1.54) is 18.6 Å². The Bertz CT molecular complexity index is 450. The zero-order valence-corrected chi connectivity index (χ0v) is 12.8. The topological polar surface area (TPSA) is 12.0 Å². The van der Waals surface area contributed by atoms with E-state index in [4.69, 9.17) is 0 Å². The molecule has 20 heavy (non-hydrogen) atoms. The van der Waals surface area contributed by atoms with Gasteiger partial charge in [0, 0.05) is 12.1 Å². The second-order valence-corrected chi connectivity index (χ2v) is 6.80. The minimum atomic E-state index is -0.488. The van der Waals surface area contributed by atoms with E-state index in [0.29, 0.717) is 17.9 Å². The first-order chi connectivity index (χ1) is 9.34. The first-order valence-electron chi connectivity index (χ1n) is 7.48. The van der Waals surface area contributed by atoms with Crippen LogP contribution in [0.3, 0.4) is 0 Å². The van der Waals surface area contributed by atoms with Crippen LogP contribution in [0, 0.1) is 23.5 Å². The summed E-state index contributed by atoms with van der Waals surface area (Å²) in [6.07, 6.45) is 3.41. The lowest BCUT2D eigenvalue weighted by Gasteiger charge is -2.44. The van der Waals surface area contributed by atoms with Crippen molar-refractivity contribution >= 4 is 0 Å². The molecule has 1 aromatic carbocycles. The molecule has 0 aromatic heterocycles. The fourth-order valence-corrected chi connectivity index (χ4v) is 3.70. The number of nitrogens with one attached hydrogen (secondary N) is 1. The molecule has 1 aliphatic carbocycles. The summed E-state index contributed by atoms with van der Waals surface area (Å²) < 4.78 is 27.0. The molecule has 3 atom stereocenters. The van der Waals surface area contributed by atoms with Crippen molar-refractivity contribution in [1.82, 2.24) is 5.32 Å². The highest BCUT2D eigenvalue weighted by molar-refractivity contribution is 5.27. The van der Waals surface area contributed by atoms with Gasteiger partial charge in [-0.05, 0) is 54.8 Å². The van der Waals surface area contributed by atoms with Gasteiger partial charge in [-0.15, -0.1) is 0 Å². The SMILES string of the molecule is CNC1CC(C)CCC1C(C)(C)c1cc(F)cc(F)c1. The van der Waals surface area contributed by atoms with Crippen LogP contribution in [0.5, 0.6) is 0 Å². The molecule has 1 N–H and O–H groups in total. The number of hydrogen-bond donors (Lipinski definition) is 1. The van der Waals surface area contributed by atoms with E-state index in [9.17, 15) is 8.78 Å². The van der Waals surface area contributed by atoms with Crippen LogP contribution in [0.15, 0.2) is 18.2 Å². The molecule has 3 heteroatoms. The molecule has 0 radical (unpaired) electrons. The zero-order chi connectivity index (χ0) is 14.9. The smallest absolute Gasteiger partial charge is 0.126 e. The number of benzene rings is 1. The first-order valence-corrected chi connectivity index (χ1v) is 7.48. The molecule has 1 aliphatic rings. The second kappa shape index (κ2) is 5.80. The van der Waals surface area contributed by atoms with Gasteiger partial charge in [-0.2, -0.15) is 0 Å². The fraction of sp³-hybridized carbons (Fsp3) is 0.647. The first kappa shape index (κ1) is 15.4. The number of hydrogen-bond acceptors (Lipinski definition) is 1. The van der Waals surface area contributed by atoms with Gasteiger partial charge in [0.15, 0.2) is 0 Å². The maximum atomic E-state index is 13.5. The van der Waals surface area contributed by atoms with Crippen LogP contribution in [0.4, 0.5) is 8.78 Å². The highest BCUT2D eigenvalue weighted by Crippen LogP contribution is 2.42. The minimum Gasteiger partial charge on any atom is -0.317 e. The summed E-state index contributed by atoms with van der Waals surface area (Å²) in [6, 6.07) is 4.31. The Balaban J connectivity index is 2.32. The molecule has 1 aromatic rings. The van der Waals surface area contributed by atoms with Gasteiger partial charge in [0.2, 0.25) is 0 Å².